The van der Waals surface area contributed by atoms with Crippen molar-refractivity contribution < 1.29 is 14.3 Å². The van der Waals surface area contributed by atoms with Crippen molar-refractivity contribution in [2.24, 2.45) is 0 Å². The number of hydrogen-bond acceptors (Lipinski definition) is 3. The van der Waals surface area contributed by atoms with Crippen LogP contribution in [0.25, 0.3) is 0 Å². The summed E-state index contributed by atoms with van der Waals surface area (Å²) in [6.07, 6.45) is 0.875. The molecule has 1 aromatic carbocycles. The number of carbonyl (C=O) groups excluding carboxylic acids is 2. The monoisotopic (exact) mass is 284 g/mol. The number of carbonyl (C=O) groups is 2. The summed E-state index contributed by atoms with van der Waals surface area (Å²) in [6.45, 7) is 4.01. The maximum atomic E-state index is 11.3. The van der Waals surface area contributed by atoms with Gasteiger partial charge >= 0.3 is 5.97 Å². The fraction of sp³-hybridized carbons (Fsp3) is 0.333. The molecule has 1 rings (SSSR count). The SMILES string of the molecule is CCOC(=O)Cc1cc(C)cc(Br)c1C=O. The molecule has 0 saturated carbocycles. The third-order valence-electron chi connectivity index (χ3n) is 2.12. The molecule has 0 bridgehead atoms. The lowest BCUT2D eigenvalue weighted by molar-refractivity contribution is -0.142. The highest BCUT2D eigenvalue weighted by Crippen LogP contribution is 2.22. The molecule has 0 spiro atoms. The van der Waals surface area contributed by atoms with Crippen LogP contribution in [0.3, 0.4) is 0 Å². The molecule has 0 fully saturated rings. The second-order valence-corrected chi connectivity index (χ2v) is 4.27. The standard InChI is InChI=1S/C12H13BrO3/c1-3-16-12(15)6-9-4-8(2)5-11(13)10(9)7-14/h4-5,7H,3,6H2,1-2H3. The average Bonchev–Trinajstić information content (AvgIpc) is 2.17. The number of aldehydes is 1. The molecule has 0 aromatic heterocycles. The van der Waals surface area contributed by atoms with Gasteiger partial charge in [0.1, 0.15) is 0 Å². The van der Waals surface area contributed by atoms with Gasteiger partial charge in [-0.3, -0.25) is 9.59 Å². The molecule has 0 aliphatic rings. The van der Waals surface area contributed by atoms with Gasteiger partial charge in [0.25, 0.3) is 0 Å². The van der Waals surface area contributed by atoms with Crippen molar-refractivity contribution in [2.45, 2.75) is 20.3 Å². The second kappa shape index (κ2) is 5.80. The minimum absolute atomic E-state index is 0.127. The molecule has 0 N–H and O–H groups in total. The van der Waals surface area contributed by atoms with Gasteiger partial charge in [0.15, 0.2) is 6.29 Å². The largest absolute Gasteiger partial charge is 0.466 e. The number of ether oxygens (including phenoxy) is 1. The van der Waals surface area contributed by atoms with Gasteiger partial charge in [-0.15, -0.1) is 0 Å². The van der Waals surface area contributed by atoms with E-state index in [1.54, 1.807) is 6.92 Å². The number of aryl methyl sites for hydroxylation is 1. The number of rotatable bonds is 4. The van der Waals surface area contributed by atoms with E-state index in [2.05, 4.69) is 15.9 Å². The highest BCUT2D eigenvalue weighted by molar-refractivity contribution is 9.10. The zero-order valence-electron chi connectivity index (χ0n) is 9.25. The molecule has 0 heterocycles. The zero-order chi connectivity index (χ0) is 12.1. The fourth-order valence-electron chi connectivity index (χ4n) is 1.47. The third kappa shape index (κ3) is 3.17. The lowest BCUT2D eigenvalue weighted by Gasteiger charge is -2.08. The predicted octanol–water partition coefficient (Wildman–Crippen LogP) is 2.68. The Bertz CT molecular complexity index is 413. The van der Waals surface area contributed by atoms with Crippen molar-refractivity contribution in [3.8, 4) is 0 Å². The van der Waals surface area contributed by atoms with Gasteiger partial charge < -0.3 is 4.74 Å². The van der Waals surface area contributed by atoms with Crippen LogP contribution in [0.5, 0.6) is 0 Å². The van der Waals surface area contributed by atoms with Crippen LogP contribution in [0.2, 0.25) is 0 Å². The number of benzene rings is 1. The molecule has 0 radical (unpaired) electrons. The third-order valence-corrected chi connectivity index (χ3v) is 2.77. The molecule has 86 valence electrons. The summed E-state index contributed by atoms with van der Waals surface area (Å²) >= 11 is 3.30. The average molecular weight is 285 g/mol. The van der Waals surface area contributed by atoms with E-state index in [-0.39, 0.29) is 12.4 Å². The van der Waals surface area contributed by atoms with Gasteiger partial charge in [0.05, 0.1) is 13.0 Å². The van der Waals surface area contributed by atoms with E-state index in [0.717, 1.165) is 11.8 Å². The summed E-state index contributed by atoms with van der Waals surface area (Å²) in [5, 5.41) is 0. The molecular weight excluding hydrogens is 272 g/mol. The van der Waals surface area contributed by atoms with Crippen molar-refractivity contribution in [3.63, 3.8) is 0 Å². The summed E-state index contributed by atoms with van der Waals surface area (Å²) in [5.74, 6) is -0.317. The number of hydrogen-bond donors (Lipinski definition) is 0. The highest BCUT2D eigenvalue weighted by atomic mass is 79.9. The first-order valence-electron chi connectivity index (χ1n) is 4.98. The Morgan fingerprint density at radius 2 is 2.19 bits per heavy atom. The summed E-state index contributed by atoms with van der Waals surface area (Å²) in [5.41, 5.74) is 2.20. The first kappa shape index (κ1) is 12.9. The normalized spacial score (nSPS) is 9.94. The number of halogens is 1. The van der Waals surface area contributed by atoms with Gasteiger partial charge in [-0.1, -0.05) is 22.0 Å². The van der Waals surface area contributed by atoms with Crippen molar-refractivity contribution >= 4 is 28.2 Å². The molecular formula is C12H13BrO3. The van der Waals surface area contributed by atoms with Gasteiger partial charge in [-0.25, -0.2) is 0 Å². The van der Waals surface area contributed by atoms with Gasteiger partial charge in [0.2, 0.25) is 0 Å². The van der Waals surface area contributed by atoms with Crippen LogP contribution in [0.15, 0.2) is 16.6 Å². The Morgan fingerprint density at radius 1 is 1.50 bits per heavy atom. The smallest absolute Gasteiger partial charge is 0.310 e. The lowest BCUT2D eigenvalue weighted by atomic mass is 10.0. The van der Waals surface area contributed by atoms with Crippen LogP contribution in [0, 0.1) is 6.92 Å². The van der Waals surface area contributed by atoms with E-state index in [1.807, 2.05) is 19.1 Å². The first-order valence-corrected chi connectivity index (χ1v) is 5.77. The minimum Gasteiger partial charge on any atom is -0.466 e. The molecule has 16 heavy (non-hydrogen) atoms. The summed E-state index contributed by atoms with van der Waals surface area (Å²) in [6, 6.07) is 3.67. The minimum atomic E-state index is -0.317. The summed E-state index contributed by atoms with van der Waals surface area (Å²) in [4.78, 5) is 22.3. The fourth-order valence-corrected chi connectivity index (χ4v) is 2.18. The van der Waals surface area contributed by atoms with Crippen molar-refractivity contribution in [2.75, 3.05) is 6.61 Å². The van der Waals surface area contributed by atoms with Crippen LogP contribution in [-0.4, -0.2) is 18.9 Å². The van der Waals surface area contributed by atoms with Gasteiger partial charge in [0, 0.05) is 10.0 Å². The molecule has 3 nitrogen and oxygen atoms in total. The summed E-state index contributed by atoms with van der Waals surface area (Å²) < 4.78 is 5.56. The molecule has 1 aromatic rings. The predicted molar refractivity (Wildman–Crippen MR) is 64.6 cm³/mol. The molecule has 4 heteroatoms. The molecule has 0 unspecified atom stereocenters. The topological polar surface area (TPSA) is 43.4 Å². The van der Waals surface area contributed by atoms with Crippen LogP contribution < -0.4 is 0 Å². The van der Waals surface area contributed by atoms with Crippen LogP contribution in [0.1, 0.15) is 28.4 Å². The van der Waals surface area contributed by atoms with Crippen LogP contribution in [-0.2, 0) is 16.0 Å². The summed E-state index contributed by atoms with van der Waals surface area (Å²) in [7, 11) is 0. The quantitative estimate of drug-likeness (QED) is 0.631. The maximum absolute atomic E-state index is 11.3. The Kier molecular flexibility index (Phi) is 4.68. The van der Waals surface area contributed by atoms with E-state index >= 15 is 0 Å². The Morgan fingerprint density at radius 3 is 2.75 bits per heavy atom. The van der Waals surface area contributed by atoms with Crippen LogP contribution in [0.4, 0.5) is 0 Å². The van der Waals surface area contributed by atoms with Crippen molar-refractivity contribution in [1.29, 1.82) is 0 Å². The molecule has 0 saturated heterocycles. The van der Waals surface area contributed by atoms with E-state index in [0.29, 0.717) is 22.2 Å². The first-order chi connectivity index (χ1) is 7.58. The van der Waals surface area contributed by atoms with E-state index in [1.165, 1.54) is 0 Å². The Balaban J connectivity index is 3.02. The van der Waals surface area contributed by atoms with E-state index in [9.17, 15) is 9.59 Å². The lowest BCUT2D eigenvalue weighted by Crippen LogP contribution is -2.09. The number of esters is 1. The van der Waals surface area contributed by atoms with E-state index in [4.69, 9.17) is 4.74 Å². The maximum Gasteiger partial charge on any atom is 0.310 e. The Hall–Kier alpha value is -1.16. The van der Waals surface area contributed by atoms with Crippen molar-refractivity contribution in [1.82, 2.24) is 0 Å². The molecule has 0 amide bonds. The molecule has 0 atom stereocenters. The Labute approximate surface area is 103 Å². The molecule has 0 aliphatic carbocycles. The second-order valence-electron chi connectivity index (χ2n) is 3.42. The van der Waals surface area contributed by atoms with Crippen LogP contribution >= 0.6 is 15.9 Å². The van der Waals surface area contributed by atoms with Gasteiger partial charge in [-0.2, -0.15) is 0 Å². The van der Waals surface area contributed by atoms with Gasteiger partial charge in [-0.05, 0) is 31.0 Å². The molecule has 0 aliphatic heterocycles. The zero-order valence-corrected chi connectivity index (χ0v) is 10.8. The highest BCUT2D eigenvalue weighted by Gasteiger charge is 2.11. The van der Waals surface area contributed by atoms with E-state index < -0.39 is 0 Å². The van der Waals surface area contributed by atoms with Crippen molar-refractivity contribution in [3.05, 3.63) is 33.3 Å².